The minimum atomic E-state index is -3.66. The number of fused-ring (bicyclic) bond motifs is 10. The van der Waals surface area contributed by atoms with E-state index >= 15 is 0 Å². The number of rotatable bonds is 4. The van der Waals surface area contributed by atoms with Crippen LogP contribution in [0.15, 0.2) is 176 Å². The van der Waals surface area contributed by atoms with Crippen LogP contribution >= 0.6 is 0 Å². The first-order valence-electron chi connectivity index (χ1n) is 18.4. The molecule has 0 radical (unpaired) electrons. The summed E-state index contributed by atoms with van der Waals surface area (Å²) >= 11 is -3.66. The normalized spacial score (nSPS) is 14.5. The standard InChI is InChI=1S/C49H35GeN3/c1-49(2)38-27-15-12-24-35(38)43-39(49)30-31-42-44(43)37-26-14-17-29-41(37)53(42)48-51-46(32-18-6-3-7-19-32)45-47(52-48)36-25-13-16-28-40(36)50(45,33-20-8-4-9-21-33)34-22-10-5-11-23-34/h3-31H,1-2H3. The Kier molecular flexibility index (Phi) is 6.48. The zero-order valence-electron chi connectivity index (χ0n) is 29.6. The summed E-state index contributed by atoms with van der Waals surface area (Å²) in [5.74, 6) is 0.702. The zero-order chi connectivity index (χ0) is 35.3. The predicted molar refractivity (Wildman–Crippen MR) is 222 cm³/mol. The molecule has 0 amide bonds. The van der Waals surface area contributed by atoms with Crippen LogP contribution in [0.4, 0.5) is 0 Å². The molecule has 3 nitrogen and oxygen atoms in total. The molecule has 2 aromatic heterocycles. The molecule has 7 aromatic carbocycles. The number of aromatic nitrogens is 3. The quantitative estimate of drug-likeness (QED) is 0.169. The summed E-state index contributed by atoms with van der Waals surface area (Å²) in [5, 5.41) is 2.49. The summed E-state index contributed by atoms with van der Waals surface area (Å²) in [6.07, 6.45) is 0. The Morgan fingerprint density at radius 2 is 1.08 bits per heavy atom. The van der Waals surface area contributed by atoms with E-state index < -0.39 is 13.3 Å². The Morgan fingerprint density at radius 1 is 0.491 bits per heavy atom. The Morgan fingerprint density at radius 3 is 1.81 bits per heavy atom. The van der Waals surface area contributed by atoms with Gasteiger partial charge in [-0.2, -0.15) is 0 Å². The average Bonchev–Trinajstić information content (AvgIpc) is 3.80. The average molecular weight is 738 g/mol. The van der Waals surface area contributed by atoms with Crippen molar-refractivity contribution in [1.29, 1.82) is 0 Å². The van der Waals surface area contributed by atoms with E-state index in [1.807, 2.05) is 0 Å². The van der Waals surface area contributed by atoms with Gasteiger partial charge in [0.15, 0.2) is 0 Å². The molecule has 3 heterocycles. The van der Waals surface area contributed by atoms with Gasteiger partial charge in [-0.1, -0.05) is 0 Å². The van der Waals surface area contributed by atoms with Crippen molar-refractivity contribution in [3.05, 3.63) is 187 Å². The van der Waals surface area contributed by atoms with Gasteiger partial charge in [0, 0.05) is 0 Å². The predicted octanol–water partition coefficient (Wildman–Crippen LogP) is 8.90. The van der Waals surface area contributed by atoms with Gasteiger partial charge in [0.1, 0.15) is 0 Å². The SMILES string of the molecule is CC1(C)c2ccccc2-c2c1ccc1c2c2ccccc2n1-c1nc(-c2ccccc2)[c]2c(n1)-c1cccc[c]1[Ge]2([c]1ccccc1)[c]1ccccc1. The van der Waals surface area contributed by atoms with Crippen molar-refractivity contribution >= 4 is 52.7 Å². The van der Waals surface area contributed by atoms with Crippen molar-refractivity contribution < 1.29 is 0 Å². The van der Waals surface area contributed by atoms with Gasteiger partial charge in [0.2, 0.25) is 0 Å². The molecule has 53 heavy (non-hydrogen) atoms. The first kappa shape index (κ1) is 30.6. The molecule has 4 heteroatoms. The van der Waals surface area contributed by atoms with E-state index in [4.69, 9.17) is 9.97 Å². The van der Waals surface area contributed by atoms with E-state index in [0.29, 0.717) is 5.95 Å². The molecule has 1 aliphatic carbocycles. The second kappa shape index (κ2) is 11.2. The van der Waals surface area contributed by atoms with Crippen LogP contribution in [0, 0.1) is 0 Å². The van der Waals surface area contributed by atoms with Crippen LogP contribution in [0.3, 0.4) is 0 Å². The molecule has 0 unspecified atom stereocenters. The fraction of sp³-hybridized carbons (Fsp3) is 0.0612. The molecule has 11 rings (SSSR count). The molecule has 0 saturated heterocycles. The van der Waals surface area contributed by atoms with Crippen LogP contribution in [-0.2, 0) is 5.41 Å². The van der Waals surface area contributed by atoms with Crippen LogP contribution in [0.1, 0.15) is 25.0 Å². The molecule has 0 N–H and O–H groups in total. The van der Waals surface area contributed by atoms with E-state index in [-0.39, 0.29) is 5.41 Å². The van der Waals surface area contributed by atoms with E-state index in [0.717, 1.165) is 28.0 Å². The summed E-state index contributed by atoms with van der Waals surface area (Å²) in [6.45, 7) is 4.71. The molecular formula is C49H35GeN3. The first-order chi connectivity index (χ1) is 26.1. The van der Waals surface area contributed by atoms with Crippen molar-refractivity contribution in [3.8, 4) is 39.6 Å². The van der Waals surface area contributed by atoms with Crippen LogP contribution < -0.4 is 17.6 Å². The molecule has 250 valence electrons. The van der Waals surface area contributed by atoms with Gasteiger partial charge in [0.25, 0.3) is 0 Å². The third-order valence-corrected chi connectivity index (χ3v) is 22.1. The van der Waals surface area contributed by atoms with Gasteiger partial charge < -0.3 is 0 Å². The Balaban J connectivity index is 1.30. The molecular weight excluding hydrogens is 703 g/mol. The fourth-order valence-corrected chi connectivity index (χ4v) is 20.7. The molecule has 0 saturated carbocycles. The molecule has 9 aromatic rings. The second-order valence-electron chi connectivity index (χ2n) is 14.9. The summed E-state index contributed by atoms with van der Waals surface area (Å²) in [5.41, 5.74) is 11.9. The van der Waals surface area contributed by atoms with Crippen LogP contribution in [0.5, 0.6) is 0 Å². The van der Waals surface area contributed by atoms with Gasteiger partial charge in [-0.15, -0.1) is 0 Å². The third-order valence-electron chi connectivity index (χ3n) is 11.9. The Bertz CT molecular complexity index is 2870. The number of nitrogens with zero attached hydrogens (tertiary/aromatic N) is 3. The van der Waals surface area contributed by atoms with Crippen LogP contribution in [-0.4, -0.2) is 27.8 Å². The summed E-state index contributed by atoms with van der Waals surface area (Å²) in [4.78, 5) is 11.5. The van der Waals surface area contributed by atoms with Gasteiger partial charge in [-0.25, -0.2) is 0 Å². The van der Waals surface area contributed by atoms with E-state index in [2.05, 4.69) is 194 Å². The van der Waals surface area contributed by atoms with Crippen LogP contribution in [0.2, 0.25) is 0 Å². The van der Waals surface area contributed by atoms with Crippen molar-refractivity contribution in [3.63, 3.8) is 0 Å². The van der Waals surface area contributed by atoms with Gasteiger partial charge in [-0.05, 0) is 0 Å². The Hall–Kier alpha value is -6.04. The van der Waals surface area contributed by atoms with E-state index in [9.17, 15) is 0 Å². The fourth-order valence-electron chi connectivity index (χ4n) is 9.67. The summed E-state index contributed by atoms with van der Waals surface area (Å²) < 4.78 is 7.80. The number of benzene rings is 7. The second-order valence-corrected chi connectivity index (χ2v) is 22.6. The molecule has 1 aliphatic heterocycles. The van der Waals surface area contributed by atoms with Gasteiger partial charge in [0.05, 0.1) is 0 Å². The van der Waals surface area contributed by atoms with Crippen molar-refractivity contribution in [2.45, 2.75) is 19.3 Å². The van der Waals surface area contributed by atoms with Gasteiger partial charge >= 0.3 is 313 Å². The topological polar surface area (TPSA) is 30.7 Å². The maximum atomic E-state index is 5.75. The Labute approximate surface area is 311 Å². The monoisotopic (exact) mass is 739 g/mol. The molecule has 0 bridgehead atoms. The molecule has 0 spiro atoms. The van der Waals surface area contributed by atoms with E-state index in [1.54, 1.807) is 0 Å². The van der Waals surface area contributed by atoms with Gasteiger partial charge in [-0.3, -0.25) is 0 Å². The van der Waals surface area contributed by atoms with Crippen molar-refractivity contribution in [2.75, 3.05) is 0 Å². The van der Waals surface area contributed by atoms with Crippen LogP contribution in [0.25, 0.3) is 61.4 Å². The van der Waals surface area contributed by atoms with Crippen molar-refractivity contribution in [1.82, 2.24) is 14.5 Å². The maximum absolute atomic E-state index is 5.75. The molecule has 0 atom stereocenters. The zero-order valence-corrected chi connectivity index (χ0v) is 31.7. The number of hydrogen-bond donors (Lipinski definition) is 0. The number of hydrogen-bond acceptors (Lipinski definition) is 2. The summed E-state index contributed by atoms with van der Waals surface area (Å²) in [6, 6.07) is 64.6. The number of para-hydroxylation sites is 1. The molecule has 2 aliphatic rings. The van der Waals surface area contributed by atoms with E-state index in [1.165, 1.54) is 56.2 Å². The summed E-state index contributed by atoms with van der Waals surface area (Å²) in [7, 11) is 0. The third kappa shape index (κ3) is 4.06. The first-order valence-corrected chi connectivity index (χ1v) is 22.6. The molecule has 0 fully saturated rings. The minimum absolute atomic E-state index is 0.0952. The van der Waals surface area contributed by atoms with Crippen molar-refractivity contribution in [2.24, 2.45) is 0 Å².